The van der Waals surface area contributed by atoms with Gasteiger partial charge < -0.3 is 20.2 Å². The number of hydrogen-bond acceptors (Lipinski definition) is 4. The van der Waals surface area contributed by atoms with Crippen LogP contribution < -0.4 is 5.46 Å². The van der Waals surface area contributed by atoms with Gasteiger partial charge in [-0.25, -0.2) is 0 Å². The first-order chi connectivity index (χ1) is 11.9. The maximum absolute atomic E-state index is 9.57. The quantitative estimate of drug-likeness (QED) is 0.698. The molecule has 1 atom stereocenters. The van der Waals surface area contributed by atoms with Gasteiger partial charge in [0.15, 0.2) is 0 Å². The number of aliphatic hydroxyl groups is 3. The van der Waals surface area contributed by atoms with Gasteiger partial charge in [-0.15, -0.1) is 0 Å². The van der Waals surface area contributed by atoms with E-state index in [1.54, 1.807) is 27.7 Å². The van der Waals surface area contributed by atoms with Crippen LogP contribution in [0.2, 0.25) is 0 Å². The van der Waals surface area contributed by atoms with E-state index >= 15 is 0 Å². The van der Waals surface area contributed by atoms with E-state index in [-0.39, 0.29) is 6.10 Å². The highest BCUT2D eigenvalue weighted by atomic mass is 16.3. The predicted molar refractivity (Wildman–Crippen MR) is 109 cm³/mol. The molecule has 1 unspecified atom stereocenters. The normalized spacial score (nSPS) is 18.2. The van der Waals surface area contributed by atoms with E-state index in [2.05, 4.69) is 17.0 Å². The Bertz CT molecular complexity index is 498. The summed E-state index contributed by atoms with van der Waals surface area (Å²) >= 11 is 0. The van der Waals surface area contributed by atoms with Gasteiger partial charge >= 0.3 is 0 Å². The Kier molecular flexibility index (Phi) is 8.81. The van der Waals surface area contributed by atoms with Gasteiger partial charge in [-0.2, -0.15) is 0 Å². The molecule has 2 rings (SSSR count). The highest BCUT2D eigenvalue weighted by Crippen LogP contribution is 2.20. The smallest absolute Gasteiger partial charge is 0.113 e. The molecule has 4 nitrogen and oxygen atoms in total. The second-order valence-electron chi connectivity index (χ2n) is 8.53. The first-order valence-corrected chi connectivity index (χ1v) is 9.59. The first-order valence-electron chi connectivity index (χ1n) is 9.59. The predicted octanol–water partition coefficient (Wildman–Crippen LogP) is 1.64. The fourth-order valence-electron chi connectivity index (χ4n) is 2.63. The second kappa shape index (κ2) is 9.89. The maximum atomic E-state index is 9.57. The summed E-state index contributed by atoms with van der Waals surface area (Å²) in [6.45, 7) is 11.6. The zero-order chi connectivity index (χ0) is 20.0. The molecule has 0 amide bonds. The molecule has 1 aliphatic rings. The molecule has 1 aromatic rings. The van der Waals surface area contributed by atoms with Crippen LogP contribution in [0.15, 0.2) is 24.3 Å². The number of likely N-dealkylation sites (tertiary alicyclic amines) is 1. The van der Waals surface area contributed by atoms with Gasteiger partial charge in [0.2, 0.25) is 0 Å². The van der Waals surface area contributed by atoms with E-state index in [0.29, 0.717) is 5.92 Å². The Hall–Kier alpha value is -0.875. The number of benzene rings is 1. The summed E-state index contributed by atoms with van der Waals surface area (Å²) in [4.78, 5) is 2.50. The number of piperidine rings is 1. The van der Waals surface area contributed by atoms with Crippen molar-refractivity contribution in [2.75, 3.05) is 19.6 Å². The van der Waals surface area contributed by atoms with Crippen molar-refractivity contribution < 1.29 is 15.3 Å². The highest BCUT2D eigenvalue weighted by molar-refractivity contribution is 6.32. The number of aliphatic hydroxyl groups excluding tert-OH is 1. The summed E-state index contributed by atoms with van der Waals surface area (Å²) in [6.07, 6.45) is 3.18. The van der Waals surface area contributed by atoms with Crippen LogP contribution in [0.25, 0.3) is 0 Å². The molecule has 0 aliphatic carbocycles. The van der Waals surface area contributed by atoms with E-state index in [9.17, 15) is 5.11 Å². The average molecular weight is 361 g/mol. The van der Waals surface area contributed by atoms with Gasteiger partial charge in [-0.1, -0.05) is 29.7 Å². The van der Waals surface area contributed by atoms with Crippen LogP contribution in [-0.4, -0.2) is 65.0 Å². The molecule has 1 saturated heterocycles. The summed E-state index contributed by atoms with van der Waals surface area (Å²) in [5, 5.41) is 27.8. The van der Waals surface area contributed by atoms with E-state index in [0.717, 1.165) is 44.4 Å². The molecule has 1 fully saturated rings. The molecule has 1 aromatic carbocycles. The minimum atomic E-state index is -1.01. The minimum Gasteiger partial charge on any atom is -0.393 e. The van der Waals surface area contributed by atoms with Gasteiger partial charge in [-0.05, 0) is 78.5 Å². The molecule has 0 bridgehead atoms. The van der Waals surface area contributed by atoms with Crippen LogP contribution in [0.4, 0.5) is 0 Å². The van der Waals surface area contributed by atoms with Crippen molar-refractivity contribution in [1.29, 1.82) is 0 Å². The molecule has 0 aromatic heterocycles. The van der Waals surface area contributed by atoms with Crippen LogP contribution in [-0.2, 0) is 6.42 Å². The van der Waals surface area contributed by atoms with Crippen LogP contribution in [0, 0.1) is 5.92 Å². The van der Waals surface area contributed by atoms with Crippen molar-refractivity contribution >= 4 is 13.3 Å². The third kappa shape index (κ3) is 8.21. The fourth-order valence-corrected chi connectivity index (χ4v) is 2.63. The monoisotopic (exact) mass is 361 g/mol. The second-order valence-corrected chi connectivity index (χ2v) is 8.53. The Morgan fingerprint density at radius 3 is 1.88 bits per heavy atom. The van der Waals surface area contributed by atoms with E-state index in [1.807, 2.05) is 19.1 Å². The lowest BCUT2D eigenvalue weighted by atomic mass is 9.90. The Morgan fingerprint density at radius 1 is 1.04 bits per heavy atom. The van der Waals surface area contributed by atoms with Gasteiger partial charge in [-0.3, -0.25) is 0 Å². The van der Waals surface area contributed by atoms with Crippen molar-refractivity contribution in [3.05, 3.63) is 29.8 Å². The Balaban J connectivity index is 0.000000359. The lowest BCUT2D eigenvalue weighted by Gasteiger charge is -2.33. The standard InChI is InChI=1S/C15H22BNO.C6H14O2/c1-12(18)14-7-10-17(11-8-14)9-6-13-2-4-15(16)5-3-13;1-5(2,7)6(3,4)8/h2-5,12,14,18H,6-11H2,1H3;7-8H,1-4H3. The Morgan fingerprint density at radius 2 is 1.50 bits per heavy atom. The summed E-state index contributed by atoms with van der Waals surface area (Å²) in [5.41, 5.74) is 0.165. The zero-order valence-corrected chi connectivity index (χ0v) is 17.1. The van der Waals surface area contributed by atoms with Crippen molar-refractivity contribution in [3.8, 4) is 0 Å². The van der Waals surface area contributed by atoms with E-state index in [1.165, 1.54) is 5.56 Å². The lowest BCUT2D eigenvalue weighted by Crippen LogP contribution is -2.44. The van der Waals surface area contributed by atoms with Gasteiger partial charge in [0.05, 0.1) is 17.3 Å². The number of rotatable bonds is 5. The number of hydrogen-bond donors (Lipinski definition) is 3. The average Bonchev–Trinajstić information content (AvgIpc) is 2.53. The molecule has 1 heterocycles. The van der Waals surface area contributed by atoms with Crippen molar-refractivity contribution in [1.82, 2.24) is 4.90 Å². The number of nitrogens with zero attached hydrogens (tertiary/aromatic N) is 1. The van der Waals surface area contributed by atoms with Crippen molar-refractivity contribution in [3.63, 3.8) is 0 Å². The molecular weight excluding hydrogens is 325 g/mol. The minimum absolute atomic E-state index is 0.149. The summed E-state index contributed by atoms with van der Waals surface area (Å²) in [6, 6.07) is 8.15. The van der Waals surface area contributed by atoms with E-state index in [4.69, 9.17) is 18.1 Å². The molecule has 0 saturated carbocycles. The molecule has 146 valence electrons. The summed E-state index contributed by atoms with van der Waals surface area (Å²) in [5.74, 6) is 0.498. The molecule has 26 heavy (non-hydrogen) atoms. The van der Waals surface area contributed by atoms with E-state index < -0.39 is 11.2 Å². The fraction of sp³-hybridized carbons (Fsp3) is 0.714. The third-order valence-electron chi connectivity index (χ3n) is 5.51. The van der Waals surface area contributed by atoms with Gasteiger partial charge in [0.25, 0.3) is 0 Å². The largest absolute Gasteiger partial charge is 0.393 e. The van der Waals surface area contributed by atoms with Crippen molar-refractivity contribution in [2.45, 2.75) is 71.2 Å². The lowest BCUT2D eigenvalue weighted by molar-refractivity contribution is -0.107. The zero-order valence-electron chi connectivity index (χ0n) is 17.1. The van der Waals surface area contributed by atoms with Crippen LogP contribution in [0.3, 0.4) is 0 Å². The highest BCUT2D eigenvalue weighted by Gasteiger charge is 2.31. The molecular formula is C21H36BNO3. The van der Waals surface area contributed by atoms with Crippen LogP contribution in [0.5, 0.6) is 0 Å². The molecule has 1 aliphatic heterocycles. The molecule has 0 spiro atoms. The summed E-state index contributed by atoms with van der Waals surface area (Å²) in [7, 11) is 5.68. The van der Waals surface area contributed by atoms with Crippen LogP contribution in [0.1, 0.15) is 53.0 Å². The SMILES string of the molecule is CC(C)(O)C(C)(C)O.[B]c1ccc(CCN2CCC(C(C)O)CC2)cc1. The van der Waals surface area contributed by atoms with Gasteiger partial charge in [0.1, 0.15) is 7.85 Å². The van der Waals surface area contributed by atoms with Gasteiger partial charge in [0, 0.05) is 6.54 Å². The van der Waals surface area contributed by atoms with Crippen LogP contribution >= 0.6 is 0 Å². The third-order valence-corrected chi connectivity index (χ3v) is 5.51. The first kappa shape index (κ1) is 23.2. The molecule has 2 radical (unpaired) electrons. The topological polar surface area (TPSA) is 63.9 Å². The van der Waals surface area contributed by atoms with Crippen molar-refractivity contribution in [2.24, 2.45) is 5.92 Å². The summed E-state index contributed by atoms with van der Waals surface area (Å²) < 4.78 is 0. The molecule has 3 N–H and O–H groups in total. The maximum Gasteiger partial charge on any atom is 0.113 e. The molecule has 5 heteroatoms. The Labute approximate surface area is 160 Å².